The first-order chi connectivity index (χ1) is 19.3. The topological polar surface area (TPSA) is 86.7 Å². The Balaban J connectivity index is 1.41. The number of likely N-dealkylation sites (tertiary alicyclic amines) is 1. The first kappa shape index (κ1) is 29.2. The standard InChI is InChI=1S/C32H41FN4O3Si/c1-20-14-24(33)27(17-29(20)40-41(5,6)32(2,3)4)35-26-11-12-34-31-30(26)28(39)16-22-15-21(9-10-25(22)36-31)18-37-13-7-8-23(38)19-37/h9-12,14-15,17,23,38H,7-8,13,16,18-19H2,1-6H3,(H2,34,35,36)/t23-/m0/s1. The van der Waals surface area contributed by atoms with Gasteiger partial charge in [0, 0.05) is 37.5 Å². The van der Waals surface area contributed by atoms with Crippen molar-refractivity contribution in [1.29, 1.82) is 0 Å². The Morgan fingerprint density at radius 3 is 2.71 bits per heavy atom. The number of hydrogen-bond acceptors (Lipinski definition) is 7. The SMILES string of the molecule is Cc1cc(F)c(Nc2ccnc3c2C(=O)Cc2cc(CN4CCC[C@H](O)C4)ccc2N3)cc1O[Si](C)(C)C(C)(C)C. The highest BCUT2D eigenvalue weighted by Gasteiger charge is 2.39. The average Bonchev–Trinajstić information content (AvgIpc) is 3.02. The lowest BCUT2D eigenvalue weighted by Crippen LogP contribution is -2.44. The Hall–Kier alpha value is -3.27. The van der Waals surface area contributed by atoms with E-state index in [0.29, 0.717) is 29.4 Å². The number of β-amino-alcohol motifs (C(OH)–C–C–N with tert-alkyl or cyclic N) is 1. The van der Waals surface area contributed by atoms with Gasteiger partial charge in [-0.1, -0.05) is 32.9 Å². The second-order valence-corrected chi connectivity index (χ2v) is 17.6. The number of Topliss-reactive ketones (excluding diaryl/α,β-unsaturated/α-hetero) is 1. The summed E-state index contributed by atoms with van der Waals surface area (Å²) in [5.74, 6) is 0.570. The number of carbonyl (C=O) groups is 1. The van der Waals surface area contributed by atoms with Crippen molar-refractivity contribution in [2.45, 2.75) is 77.7 Å². The highest BCUT2D eigenvalue weighted by molar-refractivity contribution is 6.74. The van der Waals surface area contributed by atoms with Gasteiger partial charge in [-0.05, 0) is 79.3 Å². The molecule has 1 fully saturated rings. The predicted molar refractivity (Wildman–Crippen MR) is 165 cm³/mol. The van der Waals surface area contributed by atoms with Crippen LogP contribution in [-0.2, 0) is 13.0 Å². The molecule has 9 heteroatoms. The number of ketones is 1. The van der Waals surface area contributed by atoms with Gasteiger partial charge in [0.1, 0.15) is 17.4 Å². The zero-order chi connectivity index (χ0) is 29.5. The van der Waals surface area contributed by atoms with Crippen molar-refractivity contribution < 1.29 is 18.7 Å². The molecular formula is C32H41FN4O3Si. The molecule has 3 aromatic rings. The third kappa shape index (κ3) is 6.32. The second-order valence-electron chi connectivity index (χ2n) is 12.9. The first-order valence-corrected chi connectivity index (χ1v) is 17.3. The summed E-state index contributed by atoms with van der Waals surface area (Å²) in [7, 11) is -2.15. The smallest absolute Gasteiger partial charge is 0.250 e. The number of halogens is 1. The zero-order valence-electron chi connectivity index (χ0n) is 24.9. The molecule has 5 rings (SSSR count). The van der Waals surface area contributed by atoms with Crippen LogP contribution >= 0.6 is 0 Å². The van der Waals surface area contributed by atoms with Gasteiger partial charge in [0.15, 0.2) is 5.78 Å². The summed E-state index contributed by atoms with van der Waals surface area (Å²) in [5, 5.41) is 16.6. The number of rotatable bonds is 6. The monoisotopic (exact) mass is 576 g/mol. The number of pyridine rings is 1. The number of aliphatic hydroxyl groups excluding tert-OH is 1. The Bertz CT molecular complexity index is 1470. The number of carbonyl (C=O) groups excluding carboxylic acids is 1. The van der Waals surface area contributed by atoms with Crippen LogP contribution in [0.1, 0.15) is 60.7 Å². The van der Waals surface area contributed by atoms with Crippen LogP contribution in [-0.4, -0.2) is 48.3 Å². The van der Waals surface area contributed by atoms with Gasteiger partial charge in [0.05, 0.1) is 23.0 Å². The van der Waals surface area contributed by atoms with Crippen LogP contribution in [0.2, 0.25) is 18.1 Å². The molecule has 1 saturated heterocycles. The summed E-state index contributed by atoms with van der Waals surface area (Å²) in [6, 6.07) is 11.0. The fourth-order valence-corrected chi connectivity index (χ4v) is 6.29. The van der Waals surface area contributed by atoms with Crippen LogP contribution in [0.3, 0.4) is 0 Å². The highest BCUT2D eigenvalue weighted by atomic mass is 28.4. The van der Waals surface area contributed by atoms with Crippen molar-refractivity contribution in [1.82, 2.24) is 9.88 Å². The third-order valence-corrected chi connectivity index (χ3v) is 12.9. The van der Waals surface area contributed by atoms with Crippen LogP contribution in [0, 0.1) is 12.7 Å². The molecule has 3 N–H and O–H groups in total. The molecule has 0 spiro atoms. The van der Waals surface area contributed by atoms with E-state index in [1.807, 2.05) is 13.0 Å². The molecule has 0 saturated carbocycles. The molecule has 2 aliphatic heterocycles. The molecule has 0 amide bonds. The largest absolute Gasteiger partial charge is 0.543 e. The molecule has 0 unspecified atom stereocenters. The molecule has 7 nitrogen and oxygen atoms in total. The fraction of sp³-hybridized carbons (Fsp3) is 0.438. The molecule has 1 aromatic heterocycles. The Labute approximate surface area is 243 Å². The maximum absolute atomic E-state index is 15.2. The summed E-state index contributed by atoms with van der Waals surface area (Å²) in [6.07, 6.45) is 3.35. The Morgan fingerprint density at radius 1 is 1.20 bits per heavy atom. The van der Waals surface area contributed by atoms with E-state index in [2.05, 4.69) is 66.5 Å². The number of aliphatic hydroxyl groups is 1. The van der Waals surface area contributed by atoms with Gasteiger partial charge < -0.3 is 20.2 Å². The summed E-state index contributed by atoms with van der Waals surface area (Å²) in [6.45, 7) is 15.0. The minimum Gasteiger partial charge on any atom is -0.543 e. The van der Waals surface area contributed by atoms with E-state index in [1.54, 1.807) is 18.3 Å². The molecule has 1 atom stereocenters. The number of piperidine rings is 1. The van der Waals surface area contributed by atoms with Crippen molar-refractivity contribution in [2.24, 2.45) is 0 Å². The lowest BCUT2D eigenvalue weighted by atomic mass is 10.0. The third-order valence-electron chi connectivity index (χ3n) is 8.60. The first-order valence-electron chi connectivity index (χ1n) is 14.4. The maximum Gasteiger partial charge on any atom is 0.250 e. The maximum atomic E-state index is 15.2. The van der Waals surface area contributed by atoms with Crippen LogP contribution in [0.15, 0.2) is 42.6 Å². The molecule has 0 aliphatic carbocycles. The van der Waals surface area contributed by atoms with E-state index >= 15 is 4.39 Å². The van der Waals surface area contributed by atoms with E-state index in [1.165, 1.54) is 6.07 Å². The van der Waals surface area contributed by atoms with Gasteiger partial charge in [-0.3, -0.25) is 9.69 Å². The number of nitrogens with one attached hydrogen (secondary N) is 2. The van der Waals surface area contributed by atoms with Gasteiger partial charge in [-0.2, -0.15) is 0 Å². The number of aryl methyl sites for hydroxylation is 1. The molecule has 3 heterocycles. The average molecular weight is 577 g/mol. The quantitative estimate of drug-likeness (QED) is 0.270. The highest BCUT2D eigenvalue weighted by Crippen LogP contribution is 2.40. The lowest BCUT2D eigenvalue weighted by Gasteiger charge is -2.37. The fourth-order valence-electron chi connectivity index (χ4n) is 5.21. The van der Waals surface area contributed by atoms with Gasteiger partial charge in [-0.25, -0.2) is 9.37 Å². The van der Waals surface area contributed by atoms with Crippen LogP contribution in [0.4, 0.5) is 27.3 Å². The zero-order valence-corrected chi connectivity index (χ0v) is 25.9. The normalized spacial score (nSPS) is 17.8. The van der Waals surface area contributed by atoms with Crippen molar-refractivity contribution in [3.8, 4) is 5.75 Å². The number of fused-ring (bicyclic) bond motifs is 2. The number of aromatic nitrogens is 1. The lowest BCUT2D eigenvalue weighted by molar-refractivity contribution is 0.0668. The summed E-state index contributed by atoms with van der Waals surface area (Å²) in [4.78, 5) is 20.4. The van der Waals surface area contributed by atoms with Gasteiger partial charge in [0.25, 0.3) is 0 Å². The van der Waals surface area contributed by atoms with Gasteiger partial charge in [-0.15, -0.1) is 0 Å². The van der Waals surface area contributed by atoms with Crippen LogP contribution in [0.25, 0.3) is 0 Å². The van der Waals surface area contributed by atoms with E-state index < -0.39 is 14.1 Å². The van der Waals surface area contributed by atoms with E-state index in [9.17, 15) is 9.90 Å². The molecule has 2 aliphatic rings. The van der Waals surface area contributed by atoms with Crippen molar-refractivity contribution in [3.05, 3.63) is 70.7 Å². The molecule has 41 heavy (non-hydrogen) atoms. The Kier molecular flexibility index (Phi) is 7.98. The number of benzene rings is 2. The van der Waals surface area contributed by atoms with Crippen LogP contribution < -0.4 is 15.1 Å². The van der Waals surface area contributed by atoms with Gasteiger partial charge >= 0.3 is 0 Å². The summed E-state index contributed by atoms with van der Waals surface area (Å²) < 4.78 is 21.7. The number of nitrogens with zero attached hydrogens (tertiary/aromatic N) is 2. The molecular weight excluding hydrogens is 535 g/mol. The number of anilines is 4. The predicted octanol–water partition coefficient (Wildman–Crippen LogP) is 7.10. The van der Waals surface area contributed by atoms with E-state index in [0.717, 1.165) is 48.3 Å². The van der Waals surface area contributed by atoms with E-state index in [4.69, 9.17) is 4.43 Å². The Morgan fingerprint density at radius 2 is 1.98 bits per heavy atom. The van der Waals surface area contributed by atoms with E-state index in [-0.39, 0.29) is 29.0 Å². The van der Waals surface area contributed by atoms with Gasteiger partial charge in [0.2, 0.25) is 8.32 Å². The minimum absolute atomic E-state index is 0.00810. The molecule has 218 valence electrons. The molecule has 0 bridgehead atoms. The summed E-state index contributed by atoms with van der Waals surface area (Å²) in [5.41, 5.74) is 4.69. The second kappa shape index (κ2) is 11.2. The molecule has 2 aromatic carbocycles. The van der Waals surface area contributed by atoms with Crippen molar-refractivity contribution in [2.75, 3.05) is 23.7 Å². The molecule has 0 radical (unpaired) electrons. The summed E-state index contributed by atoms with van der Waals surface area (Å²) >= 11 is 0. The minimum atomic E-state index is -2.15. The van der Waals surface area contributed by atoms with Crippen molar-refractivity contribution in [3.63, 3.8) is 0 Å². The number of hydrogen-bond donors (Lipinski definition) is 3. The van der Waals surface area contributed by atoms with Crippen molar-refractivity contribution >= 4 is 37.0 Å². The van der Waals surface area contributed by atoms with Crippen LogP contribution in [0.5, 0.6) is 5.75 Å².